The summed E-state index contributed by atoms with van der Waals surface area (Å²) in [7, 11) is -3.76. The van der Waals surface area contributed by atoms with Crippen LogP contribution >= 0.6 is 40.1 Å². The van der Waals surface area contributed by atoms with Crippen molar-refractivity contribution in [2.45, 2.75) is 19.3 Å². The summed E-state index contributed by atoms with van der Waals surface area (Å²) in [4.78, 5) is 8.54. The summed E-state index contributed by atoms with van der Waals surface area (Å²) < 4.78 is 48.3. The van der Waals surface area contributed by atoms with Crippen molar-refractivity contribution in [2.24, 2.45) is 0 Å². The molecule has 0 aliphatic heterocycles. The molecule has 0 spiro atoms. The van der Waals surface area contributed by atoms with Gasteiger partial charge < -0.3 is 9.63 Å². The van der Waals surface area contributed by atoms with Gasteiger partial charge >= 0.3 is 14.4 Å². The van der Waals surface area contributed by atoms with Gasteiger partial charge in [0.15, 0.2) is 0 Å². The molecule has 0 aliphatic carbocycles. The molecule has 0 radical (unpaired) electrons. The molecule has 0 saturated carbocycles. The lowest BCUT2D eigenvalue weighted by Crippen LogP contribution is -2.15. The van der Waals surface area contributed by atoms with E-state index in [1.54, 1.807) is 0 Å². The van der Waals surface area contributed by atoms with Crippen molar-refractivity contribution in [1.29, 1.82) is 0 Å². The van der Waals surface area contributed by atoms with E-state index in [0.29, 0.717) is 12.2 Å². The van der Waals surface area contributed by atoms with Gasteiger partial charge in [-0.1, -0.05) is 50.1 Å². The first-order chi connectivity index (χ1) is 11.3. The minimum atomic E-state index is -3.85. The summed E-state index contributed by atoms with van der Waals surface area (Å²) in [5, 5.41) is 0. The van der Waals surface area contributed by atoms with Gasteiger partial charge in [0.25, 0.3) is 0 Å². The maximum Gasteiger partial charge on any atom is 0.390 e. The van der Waals surface area contributed by atoms with Crippen LogP contribution < -0.4 is 0 Å². The highest BCUT2D eigenvalue weighted by atomic mass is 79.9. The second kappa shape index (κ2) is 8.65. The zero-order chi connectivity index (χ0) is 17.7. The topological polar surface area (TPSA) is 55.8 Å². The molecule has 9 heteroatoms. The number of halogens is 4. The van der Waals surface area contributed by atoms with Crippen LogP contribution in [-0.2, 0) is 33.1 Å². The molecule has 0 fully saturated rings. The van der Waals surface area contributed by atoms with Gasteiger partial charge in [0.2, 0.25) is 0 Å². The molecule has 4 nitrogen and oxygen atoms in total. The van der Waals surface area contributed by atoms with Crippen LogP contribution in [-0.4, -0.2) is 4.89 Å². The highest BCUT2D eigenvalue weighted by molar-refractivity contribution is 9.10. The first kappa shape index (κ1) is 19.7. The van der Waals surface area contributed by atoms with Gasteiger partial charge in [-0.05, 0) is 35.4 Å². The smallest absolute Gasteiger partial charge is 0.372 e. The average molecular weight is 486 g/mol. The Morgan fingerprint density at radius 3 is 2.21 bits per heavy atom. The Labute approximate surface area is 155 Å². The van der Waals surface area contributed by atoms with Crippen molar-refractivity contribution in [3.8, 4) is 0 Å². The number of rotatable bonds is 7. The van der Waals surface area contributed by atoms with E-state index in [1.807, 2.05) is 24.3 Å². The molecule has 1 unspecified atom stereocenters. The van der Waals surface area contributed by atoms with E-state index in [0.717, 1.165) is 16.1 Å². The van der Waals surface area contributed by atoms with Crippen LogP contribution in [0.5, 0.6) is 0 Å². The molecule has 24 heavy (non-hydrogen) atoms. The molecule has 0 heterocycles. The molecule has 0 bridgehead atoms. The highest BCUT2D eigenvalue weighted by Gasteiger charge is 2.37. The molecule has 0 aromatic heterocycles. The Morgan fingerprint density at radius 2 is 1.62 bits per heavy atom. The summed E-state index contributed by atoms with van der Waals surface area (Å²) in [5.41, 5.74) is 1.14. The predicted molar refractivity (Wildman–Crippen MR) is 93.0 cm³/mol. The van der Waals surface area contributed by atoms with E-state index < -0.39 is 19.9 Å². The monoisotopic (exact) mass is 484 g/mol. The maximum atomic E-state index is 13.7. The van der Waals surface area contributed by atoms with Gasteiger partial charge in [0.05, 0.1) is 18.8 Å². The van der Waals surface area contributed by atoms with Crippen molar-refractivity contribution < 1.29 is 27.5 Å². The number of benzene rings is 2. The Bertz CT molecular complexity index is 726. The van der Waals surface area contributed by atoms with Crippen LogP contribution in [0.25, 0.3) is 0 Å². The Hall–Kier alpha value is -0.630. The summed E-state index contributed by atoms with van der Waals surface area (Å²) in [6.07, 6.45) is -3.85. The van der Waals surface area contributed by atoms with E-state index in [1.165, 1.54) is 12.1 Å². The third-order valence-corrected chi connectivity index (χ3v) is 4.63. The fourth-order valence-electron chi connectivity index (χ4n) is 1.92. The van der Waals surface area contributed by atoms with Crippen LogP contribution in [0.3, 0.4) is 0 Å². The largest absolute Gasteiger partial charge is 0.390 e. The van der Waals surface area contributed by atoms with E-state index in [9.17, 15) is 13.3 Å². The summed E-state index contributed by atoms with van der Waals surface area (Å²) in [6.45, 7) is 0.621. The van der Waals surface area contributed by atoms with E-state index >= 15 is 0 Å². The van der Waals surface area contributed by atoms with E-state index in [2.05, 4.69) is 36.4 Å². The van der Waals surface area contributed by atoms with Crippen LogP contribution in [0.2, 0.25) is 0 Å². The van der Waals surface area contributed by atoms with Crippen molar-refractivity contribution >= 4 is 40.1 Å². The fraction of sp³-hybridized carbons (Fsp3) is 0.200. The molecule has 0 aliphatic rings. The fourth-order valence-corrected chi connectivity index (χ4v) is 3.17. The van der Waals surface area contributed by atoms with Crippen molar-refractivity contribution in [3.05, 3.63) is 68.1 Å². The quantitative estimate of drug-likeness (QED) is 0.535. The first-order valence-corrected chi connectivity index (χ1v) is 9.54. The van der Waals surface area contributed by atoms with Gasteiger partial charge in [-0.3, -0.25) is 4.57 Å². The van der Waals surface area contributed by atoms with Crippen LogP contribution in [0.4, 0.5) is 8.78 Å². The zero-order valence-corrected chi connectivity index (χ0v) is 16.3. The minimum Gasteiger partial charge on any atom is -0.372 e. The average Bonchev–Trinajstić information content (AvgIpc) is 2.48. The molecule has 2 rings (SSSR count). The summed E-state index contributed by atoms with van der Waals surface area (Å²) >= 11 is 6.37. The highest BCUT2D eigenvalue weighted by Crippen LogP contribution is 2.40. The lowest BCUT2D eigenvalue weighted by atomic mass is 10.1. The van der Waals surface area contributed by atoms with Crippen molar-refractivity contribution in [2.75, 3.05) is 0 Å². The van der Waals surface area contributed by atoms with Crippen LogP contribution in [0.1, 0.15) is 16.7 Å². The number of alkyl halides is 2. The van der Waals surface area contributed by atoms with Crippen molar-refractivity contribution in [1.82, 2.24) is 0 Å². The normalized spacial score (nSPS) is 13.0. The summed E-state index contributed by atoms with van der Waals surface area (Å²) in [6, 6.07) is 11.7. The third kappa shape index (κ3) is 5.72. The Balaban J connectivity index is 1.99. The van der Waals surface area contributed by atoms with E-state index in [4.69, 9.17) is 9.63 Å². The maximum absolute atomic E-state index is 13.7. The van der Waals surface area contributed by atoms with Crippen LogP contribution in [0, 0.1) is 0 Å². The summed E-state index contributed by atoms with van der Waals surface area (Å²) in [5.74, 6) is 0. The SMILES string of the molecule is O=[PH](O)OC(F)(F)c1ccc(COCc2ccc(Br)cc2)cc1Br. The Morgan fingerprint density at radius 1 is 1.04 bits per heavy atom. The standard InChI is InChI=1S/C15H13Br2F2O4P/c16-12-4-1-10(2-5-12)8-22-9-11-3-6-13(14(17)7-11)15(18,19)23-24(20)21/h1-7,24H,8-9H2,(H,20,21). The Kier molecular flexibility index (Phi) is 7.10. The molecular weight excluding hydrogens is 473 g/mol. The van der Waals surface area contributed by atoms with Crippen LogP contribution in [0.15, 0.2) is 51.4 Å². The molecule has 2 aromatic rings. The molecule has 0 amide bonds. The van der Waals surface area contributed by atoms with Crippen molar-refractivity contribution in [3.63, 3.8) is 0 Å². The molecule has 0 saturated heterocycles. The number of hydrogen-bond donors (Lipinski definition) is 1. The number of ether oxygens (including phenoxy) is 1. The van der Waals surface area contributed by atoms with Gasteiger partial charge in [0, 0.05) is 8.95 Å². The molecular formula is C15H13Br2F2O4P. The minimum absolute atomic E-state index is 0.0699. The molecule has 1 atom stereocenters. The van der Waals surface area contributed by atoms with E-state index in [-0.39, 0.29) is 11.1 Å². The third-order valence-electron chi connectivity index (χ3n) is 3.01. The zero-order valence-electron chi connectivity index (χ0n) is 12.1. The molecule has 1 N–H and O–H groups in total. The molecule has 2 aromatic carbocycles. The second-order valence-electron chi connectivity index (χ2n) is 4.82. The van der Waals surface area contributed by atoms with Gasteiger partial charge in [-0.2, -0.15) is 8.78 Å². The van der Waals surface area contributed by atoms with Gasteiger partial charge in [0.1, 0.15) is 0 Å². The lowest BCUT2D eigenvalue weighted by Gasteiger charge is -2.17. The molecule has 130 valence electrons. The second-order valence-corrected chi connectivity index (χ2v) is 7.32. The number of hydrogen-bond acceptors (Lipinski definition) is 3. The van der Waals surface area contributed by atoms with Gasteiger partial charge in [-0.25, -0.2) is 4.52 Å². The van der Waals surface area contributed by atoms with Gasteiger partial charge in [-0.15, -0.1) is 0 Å². The lowest BCUT2D eigenvalue weighted by molar-refractivity contribution is -0.186. The predicted octanol–water partition coefficient (Wildman–Crippen LogP) is 5.38. The first-order valence-electron chi connectivity index (χ1n) is 6.69.